The molecule has 7 heteroatoms. The topological polar surface area (TPSA) is 53.6 Å². The van der Waals surface area contributed by atoms with Gasteiger partial charge in [-0.1, -0.05) is 36.4 Å². The van der Waals surface area contributed by atoms with E-state index in [1.54, 1.807) is 0 Å². The molecule has 1 aliphatic heterocycles. The summed E-state index contributed by atoms with van der Waals surface area (Å²) in [4.78, 5) is 0. The highest BCUT2D eigenvalue weighted by Gasteiger charge is 2.46. The van der Waals surface area contributed by atoms with Gasteiger partial charge in [-0.3, -0.25) is 0 Å². The van der Waals surface area contributed by atoms with Crippen LogP contribution in [-0.2, 0) is 0 Å². The number of anilines is 1. The molecule has 0 radical (unpaired) electrons. The summed E-state index contributed by atoms with van der Waals surface area (Å²) in [6.45, 7) is 0. The molecule has 4 nitrogen and oxygen atoms in total. The Bertz CT molecular complexity index is 984. The van der Waals surface area contributed by atoms with Crippen LogP contribution in [0.1, 0.15) is 29.6 Å². The molecule has 0 spiro atoms. The van der Waals surface area contributed by atoms with Crippen molar-refractivity contribution in [2.45, 2.75) is 24.7 Å². The van der Waals surface area contributed by atoms with Gasteiger partial charge in [0.25, 0.3) is 0 Å². The lowest BCUT2D eigenvalue weighted by atomic mass is 9.94. The highest BCUT2D eigenvalue weighted by Crippen LogP contribution is 2.44. The van der Waals surface area contributed by atoms with E-state index in [4.69, 9.17) is 5.26 Å². The first-order chi connectivity index (χ1) is 12.0. The molecule has 0 unspecified atom stereocenters. The van der Waals surface area contributed by atoms with Crippen LogP contribution >= 0.6 is 0 Å². The van der Waals surface area contributed by atoms with Gasteiger partial charge in [-0.25, -0.2) is 4.68 Å². The van der Waals surface area contributed by atoms with E-state index in [0.717, 1.165) is 21.0 Å². The minimum Gasteiger partial charge on any atom is -0.362 e. The van der Waals surface area contributed by atoms with Gasteiger partial charge in [0.1, 0.15) is 17.5 Å². The fraction of sp³-hybridized carbons (Fsp3) is 0.222. The summed E-state index contributed by atoms with van der Waals surface area (Å²) in [5.74, 6) is 0.120. The van der Waals surface area contributed by atoms with Crippen molar-refractivity contribution in [3.63, 3.8) is 0 Å². The van der Waals surface area contributed by atoms with Gasteiger partial charge < -0.3 is 5.32 Å². The average Bonchev–Trinajstić information content (AvgIpc) is 3.02. The second kappa shape index (κ2) is 5.52. The third kappa shape index (κ3) is 2.60. The monoisotopic (exact) mass is 342 g/mol. The third-order valence-electron chi connectivity index (χ3n) is 4.53. The van der Waals surface area contributed by atoms with Crippen LogP contribution in [0.3, 0.4) is 0 Å². The molecule has 0 fully saturated rings. The fourth-order valence-corrected chi connectivity index (χ4v) is 3.29. The Morgan fingerprint density at radius 3 is 2.64 bits per heavy atom. The molecule has 0 bridgehead atoms. The maximum atomic E-state index is 13.5. The highest BCUT2D eigenvalue weighted by atomic mass is 19.4. The zero-order chi connectivity index (χ0) is 17.6. The van der Waals surface area contributed by atoms with E-state index in [-0.39, 0.29) is 17.8 Å². The van der Waals surface area contributed by atoms with Crippen LogP contribution in [0.5, 0.6) is 0 Å². The van der Waals surface area contributed by atoms with Crippen molar-refractivity contribution in [2.75, 3.05) is 5.32 Å². The van der Waals surface area contributed by atoms with Gasteiger partial charge >= 0.3 is 6.18 Å². The molecule has 0 amide bonds. The molecule has 0 saturated heterocycles. The third-order valence-corrected chi connectivity index (χ3v) is 4.53. The zero-order valence-electron chi connectivity index (χ0n) is 13.0. The number of alkyl halides is 3. The SMILES string of the molecule is N#Cc1cnn2c1N[C@@H](c1ccc3ccccc3c1)C[C@@H]2C(F)(F)F. The number of hydrogen-bond acceptors (Lipinski definition) is 3. The normalized spacial score (nSPS) is 19.9. The van der Waals surface area contributed by atoms with Gasteiger partial charge in [0.15, 0.2) is 6.04 Å². The molecule has 4 rings (SSSR count). The summed E-state index contributed by atoms with van der Waals surface area (Å²) in [6, 6.07) is 12.9. The van der Waals surface area contributed by atoms with Crippen molar-refractivity contribution in [2.24, 2.45) is 0 Å². The quantitative estimate of drug-likeness (QED) is 0.705. The first-order valence-corrected chi connectivity index (χ1v) is 7.77. The molecular formula is C18H13F3N4. The molecule has 2 atom stereocenters. The number of halogens is 3. The predicted octanol–water partition coefficient (Wildman–Crippen LogP) is 4.57. The molecule has 1 aliphatic rings. The first kappa shape index (κ1) is 15.5. The largest absolute Gasteiger partial charge is 0.410 e. The number of nitrogens with zero attached hydrogens (tertiary/aromatic N) is 3. The van der Waals surface area contributed by atoms with Gasteiger partial charge in [-0.15, -0.1) is 0 Å². The maximum Gasteiger partial charge on any atom is 0.410 e. The van der Waals surface area contributed by atoms with Crippen LogP contribution in [0, 0.1) is 11.3 Å². The standard InChI is InChI=1S/C18H13F3N4/c19-18(20,21)16-8-15(24-17-14(9-22)10-23-25(16)17)13-6-5-11-3-1-2-4-12(11)7-13/h1-7,10,15-16,24H,8H2/t15-,16-/m1/s1. The number of rotatable bonds is 1. The van der Waals surface area contributed by atoms with Gasteiger partial charge in [0.05, 0.1) is 12.2 Å². The number of fused-ring (bicyclic) bond motifs is 2. The first-order valence-electron chi connectivity index (χ1n) is 7.77. The maximum absolute atomic E-state index is 13.5. The summed E-state index contributed by atoms with van der Waals surface area (Å²) >= 11 is 0. The molecule has 2 heterocycles. The van der Waals surface area contributed by atoms with Crippen LogP contribution < -0.4 is 5.32 Å². The van der Waals surface area contributed by atoms with Crippen molar-refractivity contribution in [3.05, 3.63) is 59.8 Å². The summed E-state index contributed by atoms with van der Waals surface area (Å²) in [5.41, 5.74) is 0.865. The minimum absolute atomic E-state index is 0.111. The number of benzene rings is 2. The minimum atomic E-state index is -4.44. The van der Waals surface area contributed by atoms with Gasteiger partial charge in [0.2, 0.25) is 0 Å². The molecule has 126 valence electrons. The van der Waals surface area contributed by atoms with E-state index < -0.39 is 18.3 Å². The fourth-order valence-electron chi connectivity index (χ4n) is 3.29. The summed E-state index contributed by atoms with van der Waals surface area (Å²) < 4.78 is 41.4. The van der Waals surface area contributed by atoms with Crippen LogP contribution in [0.25, 0.3) is 10.8 Å². The Morgan fingerprint density at radius 1 is 1.16 bits per heavy atom. The van der Waals surface area contributed by atoms with Crippen LogP contribution in [0.4, 0.5) is 19.0 Å². The van der Waals surface area contributed by atoms with E-state index in [0.29, 0.717) is 0 Å². The Hall–Kier alpha value is -3.01. The highest BCUT2D eigenvalue weighted by molar-refractivity contribution is 5.83. The Kier molecular flexibility index (Phi) is 3.42. The van der Waals surface area contributed by atoms with Crippen LogP contribution in [0.15, 0.2) is 48.7 Å². The molecule has 1 aromatic heterocycles. The van der Waals surface area contributed by atoms with Gasteiger partial charge in [-0.05, 0) is 22.4 Å². The van der Waals surface area contributed by atoms with Crippen molar-refractivity contribution in [3.8, 4) is 6.07 Å². The molecular weight excluding hydrogens is 329 g/mol. The second-order valence-corrected chi connectivity index (χ2v) is 6.06. The lowest BCUT2D eigenvalue weighted by molar-refractivity contribution is -0.173. The van der Waals surface area contributed by atoms with E-state index in [9.17, 15) is 13.2 Å². The van der Waals surface area contributed by atoms with Crippen molar-refractivity contribution >= 4 is 16.6 Å². The lowest BCUT2D eigenvalue weighted by Crippen LogP contribution is -2.35. The zero-order valence-corrected chi connectivity index (χ0v) is 13.0. The molecule has 2 aromatic carbocycles. The number of nitrogens with one attached hydrogen (secondary N) is 1. The molecule has 3 aromatic rings. The van der Waals surface area contributed by atoms with Crippen molar-refractivity contribution in [1.82, 2.24) is 9.78 Å². The molecule has 25 heavy (non-hydrogen) atoms. The van der Waals surface area contributed by atoms with E-state index in [2.05, 4.69) is 10.4 Å². The van der Waals surface area contributed by atoms with Gasteiger partial charge in [0, 0.05) is 6.42 Å². The summed E-state index contributed by atoms with van der Waals surface area (Å²) in [6.07, 6.45) is -3.45. The van der Waals surface area contributed by atoms with E-state index in [1.165, 1.54) is 6.20 Å². The van der Waals surface area contributed by atoms with Crippen LogP contribution in [-0.4, -0.2) is 16.0 Å². The molecule has 0 saturated carbocycles. The summed E-state index contributed by atoms with van der Waals surface area (Å²) in [5, 5.41) is 18.0. The van der Waals surface area contributed by atoms with Crippen LogP contribution in [0.2, 0.25) is 0 Å². The lowest BCUT2D eigenvalue weighted by Gasteiger charge is -2.33. The smallest absolute Gasteiger partial charge is 0.362 e. The van der Waals surface area contributed by atoms with E-state index >= 15 is 0 Å². The average molecular weight is 342 g/mol. The van der Waals surface area contributed by atoms with Crippen molar-refractivity contribution < 1.29 is 13.2 Å². The van der Waals surface area contributed by atoms with Crippen molar-refractivity contribution in [1.29, 1.82) is 5.26 Å². The number of hydrogen-bond donors (Lipinski definition) is 1. The Balaban J connectivity index is 1.79. The van der Waals surface area contributed by atoms with Gasteiger partial charge in [-0.2, -0.15) is 23.5 Å². The van der Waals surface area contributed by atoms with E-state index in [1.807, 2.05) is 48.5 Å². The molecule has 1 N–H and O–H groups in total. The Labute approximate surface area is 141 Å². The predicted molar refractivity (Wildman–Crippen MR) is 87.0 cm³/mol. The number of aromatic nitrogens is 2. The summed E-state index contributed by atoms with van der Waals surface area (Å²) in [7, 11) is 0. The molecule has 0 aliphatic carbocycles. The Morgan fingerprint density at radius 2 is 1.92 bits per heavy atom. The number of nitriles is 1. The second-order valence-electron chi connectivity index (χ2n) is 6.06.